The van der Waals surface area contributed by atoms with Gasteiger partial charge in [-0.15, -0.1) is 0 Å². The number of amidine groups is 1. The lowest BCUT2D eigenvalue weighted by molar-refractivity contribution is 0.0155. The number of hydrogen-bond acceptors (Lipinski definition) is 5. The number of oxime groups is 1. The first-order valence-corrected chi connectivity index (χ1v) is 6.87. The number of carbonyl (C=O) groups is 1. The maximum Gasteiger partial charge on any atom is 0.272 e. The number of amides is 1. The summed E-state index contributed by atoms with van der Waals surface area (Å²) in [6.07, 6.45) is 4.80. The predicted octanol–water partition coefficient (Wildman–Crippen LogP) is 0.553. The average molecular weight is 292 g/mol. The Balaban J connectivity index is 2.05. The van der Waals surface area contributed by atoms with Crippen LogP contribution in [0.1, 0.15) is 41.7 Å². The van der Waals surface area contributed by atoms with Crippen LogP contribution in [-0.4, -0.2) is 51.1 Å². The molecule has 4 N–H and O–H groups in total. The molecule has 1 aliphatic rings. The van der Waals surface area contributed by atoms with Crippen molar-refractivity contribution in [3.63, 3.8) is 0 Å². The van der Waals surface area contributed by atoms with Crippen LogP contribution in [0.15, 0.2) is 23.5 Å². The summed E-state index contributed by atoms with van der Waals surface area (Å²) >= 11 is 0. The van der Waals surface area contributed by atoms with E-state index in [1.54, 1.807) is 13.1 Å². The van der Waals surface area contributed by atoms with Crippen LogP contribution >= 0.6 is 0 Å². The van der Waals surface area contributed by atoms with Crippen molar-refractivity contribution in [3.05, 3.63) is 29.6 Å². The van der Waals surface area contributed by atoms with Gasteiger partial charge in [0.2, 0.25) is 0 Å². The lowest BCUT2D eigenvalue weighted by Gasteiger charge is -2.28. The molecule has 1 fully saturated rings. The van der Waals surface area contributed by atoms with Crippen molar-refractivity contribution < 1.29 is 15.1 Å². The van der Waals surface area contributed by atoms with Crippen molar-refractivity contribution in [2.45, 2.75) is 31.3 Å². The molecule has 0 bridgehead atoms. The van der Waals surface area contributed by atoms with Crippen LogP contribution in [0.5, 0.6) is 0 Å². The van der Waals surface area contributed by atoms with Crippen molar-refractivity contribution in [1.29, 1.82) is 0 Å². The molecule has 0 saturated heterocycles. The Morgan fingerprint density at radius 2 is 2.14 bits per heavy atom. The third kappa shape index (κ3) is 3.49. The van der Waals surface area contributed by atoms with E-state index < -0.39 is 5.60 Å². The Bertz CT molecular complexity index is 536. The third-order valence-electron chi connectivity index (χ3n) is 3.80. The number of nitrogens with two attached hydrogens (primary N) is 1. The molecule has 0 spiro atoms. The van der Waals surface area contributed by atoms with E-state index in [0.29, 0.717) is 12.1 Å². The van der Waals surface area contributed by atoms with Gasteiger partial charge in [-0.05, 0) is 25.0 Å². The fraction of sp³-hybridized carbons (Fsp3) is 0.500. The Hall–Kier alpha value is -2.15. The van der Waals surface area contributed by atoms with Crippen LogP contribution in [0.3, 0.4) is 0 Å². The van der Waals surface area contributed by atoms with E-state index in [9.17, 15) is 9.90 Å². The fourth-order valence-electron chi connectivity index (χ4n) is 2.63. The number of likely N-dealkylation sites (N-methyl/N-ethyl adjacent to an activating group) is 1. The van der Waals surface area contributed by atoms with Gasteiger partial charge >= 0.3 is 0 Å². The maximum absolute atomic E-state index is 12.3. The topological polar surface area (TPSA) is 112 Å². The second-order valence-corrected chi connectivity index (χ2v) is 5.51. The molecule has 0 aliphatic heterocycles. The van der Waals surface area contributed by atoms with Crippen LogP contribution in [0, 0.1) is 0 Å². The minimum atomic E-state index is -0.779. The molecule has 1 amide bonds. The number of aliphatic hydroxyl groups is 1. The minimum absolute atomic E-state index is 0.0601. The number of hydrogen-bond donors (Lipinski definition) is 3. The van der Waals surface area contributed by atoms with Gasteiger partial charge < -0.3 is 20.9 Å². The molecular weight excluding hydrogens is 272 g/mol. The van der Waals surface area contributed by atoms with E-state index >= 15 is 0 Å². The minimum Gasteiger partial charge on any atom is -0.409 e. The highest BCUT2D eigenvalue weighted by Gasteiger charge is 2.33. The van der Waals surface area contributed by atoms with Crippen LogP contribution in [0.4, 0.5) is 0 Å². The highest BCUT2D eigenvalue weighted by atomic mass is 16.4. The Kier molecular flexibility index (Phi) is 4.42. The van der Waals surface area contributed by atoms with Gasteiger partial charge in [0, 0.05) is 25.4 Å². The van der Waals surface area contributed by atoms with Gasteiger partial charge in [-0.3, -0.25) is 9.78 Å². The molecule has 21 heavy (non-hydrogen) atoms. The summed E-state index contributed by atoms with van der Waals surface area (Å²) in [5.41, 5.74) is 5.35. The first-order chi connectivity index (χ1) is 9.95. The Morgan fingerprint density at radius 1 is 1.48 bits per heavy atom. The standard InChI is InChI=1S/C14H20N4O3/c1-18(9-14(20)6-2-3-7-14)13(19)11-5-4-10(8-16-11)12(15)17-21/h4-5,8,20-21H,2-3,6-7,9H2,1H3,(H2,15,17). The molecule has 0 unspecified atom stereocenters. The summed E-state index contributed by atoms with van der Waals surface area (Å²) < 4.78 is 0. The smallest absolute Gasteiger partial charge is 0.272 e. The van der Waals surface area contributed by atoms with Crippen LogP contribution < -0.4 is 5.73 Å². The third-order valence-corrected chi connectivity index (χ3v) is 3.80. The summed E-state index contributed by atoms with van der Waals surface area (Å²) in [4.78, 5) is 17.8. The molecule has 7 heteroatoms. The molecule has 1 aromatic heterocycles. The van der Waals surface area contributed by atoms with E-state index in [1.165, 1.54) is 17.2 Å². The van der Waals surface area contributed by atoms with E-state index in [2.05, 4.69) is 10.1 Å². The molecule has 1 aromatic rings. The van der Waals surface area contributed by atoms with Crippen molar-refractivity contribution in [1.82, 2.24) is 9.88 Å². The number of pyridine rings is 1. The van der Waals surface area contributed by atoms with Gasteiger partial charge in [-0.25, -0.2) is 0 Å². The predicted molar refractivity (Wildman–Crippen MR) is 77.1 cm³/mol. The average Bonchev–Trinajstić information content (AvgIpc) is 2.92. The largest absolute Gasteiger partial charge is 0.409 e. The normalized spacial score (nSPS) is 17.7. The second kappa shape index (κ2) is 6.09. The number of carbonyl (C=O) groups excluding carboxylic acids is 1. The van der Waals surface area contributed by atoms with E-state index in [1.807, 2.05) is 0 Å². The highest BCUT2D eigenvalue weighted by Crippen LogP contribution is 2.30. The monoisotopic (exact) mass is 292 g/mol. The summed E-state index contributed by atoms with van der Waals surface area (Å²) in [6, 6.07) is 3.08. The van der Waals surface area contributed by atoms with Crippen LogP contribution in [0.2, 0.25) is 0 Å². The van der Waals surface area contributed by atoms with Crippen molar-refractivity contribution in [2.75, 3.05) is 13.6 Å². The zero-order valence-corrected chi connectivity index (χ0v) is 12.0. The fourth-order valence-corrected chi connectivity index (χ4v) is 2.63. The van der Waals surface area contributed by atoms with Crippen LogP contribution in [0.25, 0.3) is 0 Å². The van der Waals surface area contributed by atoms with Gasteiger partial charge in [-0.1, -0.05) is 18.0 Å². The molecule has 2 rings (SSSR count). The molecule has 1 aliphatic carbocycles. The lowest BCUT2D eigenvalue weighted by Crippen LogP contribution is -2.42. The number of nitrogens with zero attached hydrogens (tertiary/aromatic N) is 3. The van der Waals surface area contributed by atoms with Crippen LogP contribution in [-0.2, 0) is 0 Å². The first-order valence-electron chi connectivity index (χ1n) is 6.87. The first kappa shape index (κ1) is 15.2. The molecule has 0 atom stereocenters. The summed E-state index contributed by atoms with van der Waals surface area (Å²) in [7, 11) is 1.65. The number of aromatic nitrogens is 1. The summed E-state index contributed by atoms with van der Waals surface area (Å²) in [5, 5.41) is 21.8. The van der Waals surface area contributed by atoms with E-state index in [0.717, 1.165) is 25.7 Å². The zero-order chi connectivity index (χ0) is 15.5. The highest BCUT2D eigenvalue weighted by molar-refractivity contribution is 5.98. The summed E-state index contributed by atoms with van der Waals surface area (Å²) in [5.74, 6) is -0.323. The van der Waals surface area contributed by atoms with Crippen molar-refractivity contribution >= 4 is 11.7 Å². The van der Waals surface area contributed by atoms with Crippen molar-refractivity contribution in [3.8, 4) is 0 Å². The Labute approximate surface area is 123 Å². The van der Waals surface area contributed by atoms with Crippen molar-refractivity contribution in [2.24, 2.45) is 10.9 Å². The second-order valence-electron chi connectivity index (χ2n) is 5.51. The maximum atomic E-state index is 12.3. The SMILES string of the molecule is CN(CC1(O)CCCC1)C(=O)c1ccc(/C(N)=N/O)cn1. The molecule has 1 saturated carbocycles. The molecule has 0 radical (unpaired) electrons. The Morgan fingerprint density at radius 3 is 2.67 bits per heavy atom. The molecule has 7 nitrogen and oxygen atoms in total. The summed E-state index contributed by atoms with van der Waals surface area (Å²) in [6.45, 7) is 0.301. The molecule has 0 aromatic carbocycles. The van der Waals surface area contributed by atoms with E-state index in [-0.39, 0.29) is 17.4 Å². The molecule has 1 heterocycles. The van der Waals surface area contributed by atoms with Gasteiger partial charge in [0.25, 0.3) is 5.91 Å². The van der Waals surface area contributed by atoms with Gasteiger partial charge in [0.1, 0.15) is 5.69 Å². The van der Waals surface area contributed by atoms with E-state index in [4.69, 9.17) is 10.9 Å². The van der Waals surface area contributed by atoms with Gasteiger partial charge in [0.15, 0.2) is 5.84 Å². The quantitative estimate of drug-likeness (QED) is 0.325. The number of rotatable bonds is 4. The molecular formula is C14H20N4O3. The molecule has 114 valence electrons. The lowest BCUT2D eigenvalue weighted by atomic mass is 10.0. The van der Waals surface area contributed by atoms with Gasteiger partial charge in [0.05, 0.1) is 5.60 Å². The zero-order valence-electron chi connectivity index (χ0n) is 12.0. The van der Waals surface area contributed by atoms with Gasteiger partial charge in [-0.2, -0.15) is 0 Å².